The number of likely N-dealkylation sites (N-methyl/N-ethyl adjacent to an activating group) is 1. The molecule has 2 heterocycles. The minimum absolute atomic E-state index is 0.0310. The van der Waals surface area contributed by atoms with E-state index < -0.39 is 33.7 Å². The highest BCUT2D eigenvalue weighted by atomic mass is 16.4. The number of likely N-dealkylation sites (tertiary alicyclic amines) is 1. The second-order valence-electron chi connectivity index (χ2n) is 26.9. The molecule has 1 aromatic heterocycles. The van der Waals surface area contributed by atoms with E-state index in [1.54, 1.807) is 0 Å². The van der Waals surface area contributed by atoms with Gasteiger partial charge in [0.05, 0.1) is 34.3 Å². The third kappa shape index (κ3) is 7.21. The summed E-state index contributed by atoms with van der Waals surface area (Å²) in [7, 11) is 4.17. The average molecular weight is 996 g/mol. The number of carbonyl (C=O) groups is 4. The highest BCUT2D eigenvalue weighted by Crippen LogP contribution is 2.81. The Balaban J connectivity index is 0.936. The van der Waals surface area contributed by atoms with Crippen molar-refractivity contribution in [3.63, 3.8) is 0 Å². The van der Waals surface area contributed by atoms with Crippen molar-refractivity contribution >= 4 is 23.8 Å². The quantitative estimate of drug-likeness (QED) is 0.163. The fraction of sp³-hybridized carbons (Fsp3) is 0.661. The third-order valence-corrected chi connectivity index (χ3v) is 23.0. The zero-order valence-corrected chi connectivity index (χ0v) is 45.9. The number of urea groups is 1. The molecule has 11 nitrogen and oxygen atoms in total. The Morgan fingerprint density at radius 3 is 2.10 bits per heavy atom. The smallest absolute Gasteiger partial charge is 0.318 e. The van der Waals surface area contributed by atoms with Gasteiger partial charge in [-0.25, -0.2) is 9.78 Å². The first-order valence-electron chi connectivity index (χ1n) is 28.0. The molecule has 10 rings (SSSR count). The van der Waals surface area contributed by atoms with Crippen LogP contribution >= 0.6 is 0 Å². The SMILES string of the molecule is CC(C)C1=C2[C@H]3CC[C@@H]4[C@]5(C)CC[C@H]([C@@]6(C(=O)O)C[C@@](Cc7ccccc7)(C(=O)O)C6(C)C)C(C)(C)[C@H]5CC[C@@]4(C)[C@]3(C)CC[C@@]2(NC(=O)N2CCC[C@H]2c2ncc(-c3ccccc3)n2CCN(C)C)CC1=O. The number of rotatable bonds is 12. The number of fused-ring (bicyclic) bond motifs is 7. The summed E-state index contributed by atoms with van der Waals surface area (Å²) in [5.74, 6) is -0.0163. The van der Waals surface area contributed by atoms with Crippen LogP contribution in [0.5, 0.6) is 0 Å². The number of nitrogens with one attached hydrogen (secondary N) is 1. The number of carboxylic acids is 2. The molecule has 11 heteroatoms. The molecule has 0 radical (unpaired) electrons. The van der Waals surface area contributed by atoms with E-state index in [1.807, 2.05) is 61.3 Å². The lowest BCUT2D eigenvalue weighted by molar-refractivity contribution is -0.281. The van der Waals surface area contributed by atoms with Crippen molar-refractivity contribution < 1.29 is 29.4 Å². The van der Waals surface area contributed by atoms with E-state index in [2.05, 4.69) is 102 Å². The predicted molar refractivity (Wildman–Crippen MR) is 285 cm³/mol. The molecule has 1 aliphatic heterocycles. The lowest BCUT2D eigenvalue weighted by Crippen LogP contribution is -2.75. The summed E-state index contributed by atoms with van der Waals surface area (Å²) >= 11 is 0. The minimum Gasteiger partial charge on any atom is -0.481 e. The van der Waals surface area contributed by atoms with Crippen LogP contribution in [0.2, 0.25) is 0 Å². The maximum absolute atomic E-state index is 15.2. The molecule has 1 saturated heterocycles. The molecule has 73 heavy (non-hydrogen) atoms. The number of hydrogen-bond acceptors (Lipinski definition) is 6. The molecule has 7 aliphatic rings. The summed E-state index contributed by atoms with van der Waals surface area (Å²) < 4.78 is 2.31. The fourth-order valence-corrected chi connectivity index (χ4v) is 19.2. The number of carboxylic acid groups (broad SMARTS) is 2. The van der Waals surface area contributed by atoms with Crippen LogP contribution in [0.25, 0.3) is 11.3 Å². The normalized spacial score (nSPS) is 37.3. The second-order valence-corrected chi connectivity index (χ2v) is 26.9. The van der Waals surface area contributed by atoms with Gasteiger partial charge in [0, 0.05) is 26.1 Å². The summed E-state index contributed by atoms with van der Waals surface area (Å²) in [4.78, 5) is 66.7. The minimum atomic E-state index is -1.19. The first-order valence-corrected chi connectivity index (χ1v) is 28.0. The van der Waals surface area contributed by atoms with E-state index in [1.165, 1.54) is 5.57 Å². The van der Waals surface area contributed by atoms with Crippen molar-refractivity contribution in [1.82, 2.24) is 24.7 Å². The molecule has 5 saturated carbocycles. The summed E-state index contributed by atoms with van der Waals surface area (Å²) in [6.07, 6.45) is 11.7. The number of ketones is 1. The maximum atomic E-state index is 15.2. The number of Topliss-reactive ketones (excluding diaryl/α,β-unsaturated/α-hetero) is 1. The third-order valence-electron chi connectivity index (χ3n) is 23.0. The van der Waals surface area contributed by atoms with Crippen molar-refractivity contribution in [2.45, 2.75) is 164 Å². The van der Waals surface area contributed by atoms with E-state index in [0.29, 0.717) is 25.3 Å². The van der Waals surface area contributed by atoms with Crippen molar-refractivity contribution in [3.05, 3.63) is 89.4 Å². The van der Waals surface area contributed by atoms with Crippen LogP contribution in [0, 0.1) is 67.5 Å². The molecule has 2 aromatic carbocycles. The number of amides is 2. The molecule has 6 fully saturated rings. The van der Waals surface area contributed by atoms with Gasteiger partial charge in [-0.2, -0.15) is 0 Å². The predicted octanol–water partition coefficient (Wildman–Crippen LogP) is 12.1. The Morgan fingerprint density at radius 1 is 0.795 bits per heavy atom. The van der Waals surface area contributed by atoms with E-state index in [9.17, 15) is 24.6 Å². The van der Waals surface area contributed by atoms with Crippen LogP contribution in [-0.4, -0.2) is 86.0 Å². The Kier molecular flexibility index (Phi) is 12.5. The summed E-state index contributed by atoms with van der Waals surface area (Å²) in [6, 6.07) is 19.9. The molecule has 0 spiro atoms. The van der Waals surface area contributed by atoms with E-state index in [-0.39, 0.29) is 69.6 Å². The van der Waals surface area contributed by atoms with Crippen LogP contribution < -0.4 is 5.32 Å². The van der Waals surface area contributed by atoms with E-state index in [4.69, 9.17) is 4.98 Å². The molecule has 3 N–H and O–H groups in total. The Hall–Kier alpha value is -4.77. The van der Waals surface area contributed by atoms with Crippen LogP contribution in [0.3, 0.4) is 0 Å². The number of aromatic nitrogens is 2. The largest absolute Gasteiger partial charge is 0.481 e. The monoisotopic (exact) mass is 996 g/mol. The van der Waals surface area contributed by atoms with Gasteiger partial charge >= 0.3 is 18.0 Å². The summed E-state index contributed by atoms with van der Waals surface area (Å²) in [6.45, 7) is 22.7. The number of imidazole rings is 1. The van der Waals surface area contributed by atoms with Gasteiger partial charge in [0.1, 0.15) is 5.82 Å². The Morgan fingerprint density at radius 2 is 1.47 bits per heavy atom. The molecular formula is C62H85N5O6. The van der Waals surface area contributed by atoms with Gasteiger partial charge in [0.15, 0.2) is 5.78 Å². The van der Waals surface area contributed by atoms with Crippen molar-refractivity contribution in [2.75, 3.05) is 27.2 Å². The number of benzene rings is 2. The van der Waals surface area contributed by atoms with Gasteiger partial charge in [-0.05, 0) is 170 Å². The second kappa shape index (κ2) is 17.7. The molecule has 11 atom stereocenters. The first-order chi connectivity index (χ1) is 34.4. The number of aliphatic carboxylic acids is 2. The molecule has 6 aliphatic carbocycles. The van der Waals surface area contributed by atoms with Crippen LogP contribution in [-0.2, 0) is 27.3 Å². The maximum Gasteiger partial charge on any atom is 0.318 e. The van der Waals surface area contributed by atoms with Gasteiger partial charge in [-0.3, -0.25) is 14.4 Å². The van der Waals surface area contributed by atoms with Gasteiger partial charge in [0.2, 0.25) is 0 Å². The van der Waals surface area contributed by atoms with Gasteiger partial charge in [-0.15, -0.1) is 0 Å². The summed E-state index contributed by atoms with van der Waals surface area (Å²) in [5.41, 5.74) is 0.512. The first kappa shape index (κ1) is 51.7. The fourth-order valence-electron chi connectivity index (χ4n) is 19.2. The number of nitrogens with zero attached hydrogens (tertiary/aromatic N) is 4. The standard InChI is InChI=1S/C62H85N5O6/c1-39(2)49-45(68)36-61(64-54(73)67-32-18-23-43(67)51-63-37-44(41-21-16-13-17-22-41)66(51)34-33-65(10)11)31-30-58(8)42(50(49)61)24-25-48-57(7)28-26-47(55(3,4)46(57)27-29-59(48,58)9)62(53(71)72)38-60(52(69)70,56(62,5)6)35-40-19-14-12-15-20-40/h12-17,19-22,37,39,42-43,46-48H,18,23-36,38H2,1-11H3,(H,64,73)(H,69,70)(H,71,72)/t42-,43+,46-,47+,48-,57-,58-,59-,60+,61-,62-/m1/s1. The summed E-state index contributed by atoms with van der Waals surface area (Å²) in [5, 5.41) is 26.3. The van der Waals surface area contributed by atoms with E-state index in [0.717, 1.165) is 106 Å². The number of hydrogen-bond donors (Lipinski definition) is 3. The van der Waals surface area contributed by atoms with Crippen molar-refractivity contribution in [3.8, 4) is 11.3 Å². The zero-order chi connectivity index (χ0) is 52.5. The molecule has 3 aromatic rings. The molecule has 0 unspecified atom stereocenters. The molecular weight excluding hydrogens is 911 g/mol. The highest BCUT2D eigenvalue weighted by molar-refractivity contribution is 6.02. The Bertz CT molecular complexity index is 2710. The van der Waals surface area contributed by atoms with Crippen molar-refractivity contribution in [2.24, 2.45) is 67.5 Å². The van der Waals surface area contributed by atoms with Crippen molar-refractivity contribution in [1.29, 1.82) is 0 Å². The number of allylic oxidation sites excluding steroid dienone is 1. The lowest BCUT2D eigenvalue weighted by Gasteiger charge is -2.75. The van der Waals surface area contributed by atoms with Crippen LogP contribution in [0.4, 0.5) is 4.79 Å². The van der Waals surface area contributed by atoms with Crippen LogP contribution in [0.1, 0.15) is 157 Å². The van der Waals surface area contributed by atoms with Gasteiger partial charge < -0.3 is 29.9 Å². The molecule has 394 valence electrons. The number of carbonyl (C=O) groups excluding carboxylic acids is 2. The van der Waals surface area contributed by atoms with Gasteiger partial charge in [0.25, 0.3) is 0 Å². The van der Waals surface area contributed by atoms with E-state index >= 15 is 4.79 Å². The highest BCUT2D eigenvalue weighted by Gasteiger charge is 2.80. The van der Waals surface area contributed by atoms with Gasteiger partial charge in [-0.1, -0.05) is 123 Å². The molecule has 2 amide bonds. The topological polar surface area (TPSA) is 145 Å². The Labute approximate surface area is 435 Å². The average Bonchev–Trinajstić information content (AvgIpc) is 4.06. The van der Waals surface area contributed by atoms with Crippen LogP contribution in [0.15, 0.2) is 78.0 Å². The zero-order valence-electron chi connectivity index (χ0n) is 45.9. The molecule has 0 bridgehead atoms. The lowest BCUT2D eigenvalue weighted by atomic mass is 9.27.